The Morgan fingerprint density at radius 3 is 2.60 bits per heavy atom. The van der Waals surface area contributed by atoms with Crippen LogP contribution in [0.15, 0.2) is 0 Å². The number of hydrogen-bond donors (Lipinski definition) is 2. The molecule has 0 radical (unpaired) electrons. The summed E-state index contributed by atoms with van der Waals surface area (Å²) >= 11 is 0. The maximum Gasteiger partial charge on any atom is 0.306 e. The Morgan fingerprint density at radius 1 is 1.45 bits per heavy atom. The number of ether oxygens (including phenoxy) is 1. The molecule has 2 aliphatic carbocycles. The third-order valence-corrected chi connectivity index (χ3v) is 5.84. The van der Waals surface area contributed by atoms with Crippen LogP contribution in [0, 0.1) is 5.41 Å². The van der Waals surface area contributed by atoms with E-state index in [-0.39, 0.29) is 23.9 Å². The Bertz CT molecular complexity index is 453. The molecule has 0 aromatic rings. The third kappa shape index (κ3) is 5.03. The predicted octanol–water partition coefficient (Wildman–Crippen LogP) is -0.143. The molecule has 7 heteroatoms. The van der Waals surface area contributed by atoms with Gasteiger partial charge in [-0.3, -0.25) is 4.79 Å². The number of carbonyl (C=O) groups is 1. The highest BCUT2D eigenvalue weighted by molar-refractivity contribution is 7.91. The summed E-state index contributed by atoms with van der Waals surface area (Å²) in [4.78, 5) is 11.3. The average Bonchev–Trinajstić information content (AvgIpc) is 3.22. The largest absolute Gasteiger partial charge is 0.469 e. The average molecular weight is 305 g/mol. The molecule has 0 amide bonds. The highest BCUT2D eigenvalue weighted by atomic mass is 32.2. The molecule has 0 aromatic heterocycles. The molecule has 1 atom stereocenters. The zero-order valence-electron chi connectivity index (χ0n) is 11.8. The van der Waals surface area contributed by atoms with Crippen LogP contribution in [0.5, 0.6) is 0 Å². The van der Waals surface area contributed by atoms with Gasteiger partial charge in [0.15, 0.2) is 9.84 Å². The van der Waals surface area contributed by atoms with E-state index in [0.29, 0.717) is 12.6 Å². The fourth-order valence-electron chi connectivity index (χ4n) is 2.39. The summed E-state index contributed by atoms with van der Waals surface area (Å²) in [5.74, 6) is -0.640. The quantitative estimate of drug-likeness (QED) is 0.576. The Kier molecular flexibility index (Phi) is 4.71. The molecule has 0 heterocycles. The van der Waals surface area contributed by atoms with Crippen LogP contribution in [-0.4, -0.2) is 56.8 Å². The Morgan fingerprint density at radius 2 is 2.10 bits per heavy atom. The standard InChI is InChI=1S/C13H23NO5S/c1-19-12(16)6-13(4-5-13)9-20(17,18)8-11(15)7-14-10-2-3-10/h10-11,14-15H,2-9H2,1H3. The highest BCUT2D eigenvalue weighted by Gasteiger charge is 2.48. The van der Waals surface area contributed by atoms with Crippen molar-refractivity contribution in [2.75, 3.05) is 25.2 Å². The van der Waals surface area contributed by atoms with Crippen LogP contribution in [0.25, 0.3) is 0 Å². The molecule has 116 valence electrons. The highest BCUT2D eigenvalue weighted by Crippen LogP contribution is 2.50. The molecule has 2 fully saturated rings. The molecule has 1 unspecified atom stereocenters. The van der Waals surface area contributed by atoms with Gasteiger partial charge in [-0.15, -0.1) is 0 Å². The first kappa shape index (κ1) is 15.7. The van der Waals surface area contributed by atoms with Gasteiger partial charge < -0.3 is 15.2 Å². The van der Waals surface area contributed by atoms with Crippen molar-refractivity contribution < 1.29 is 23.1 Å². The summed E-state index contributed by atoms with van der Waals surface area (Å²) < 4.78 is 28.8. The van der Waals surface area contributed by atoms with Crippen LogP contribution in [0.1, 0.15) is 32.1 Å². The Hall–Kier alpha value is -0.660. The van der Waals surface area contributed by atoms with Gasteiger partial charge in [-0.05, 0) is 31.1 Å². The van der Waals surface area contributed by atoms with E-state index in [2.05, 4.69) is 10.1 Å². The van der Waals surface area contributed by atoms with E-state index >= 15 is 0 Å². The van der Waals surface area contributed by atoms with Crippen LogP contribution in [0.3, 0.4) is 0 Å². The normalized spacial score (nSPS) is 22.3. The second-order valence-corrected chi connectivity index (χ2v) is 8.25. The summed E-state index contributed by atoms with van der Waals surface area (Å²) in [5, 5.41) is 12.9. The number of sulfone groups is 1. The van der Waals surface area contributed by atoms with Crippen LogP contribution in [0.4, 0.5) is 0 Å². The summed E-state index contributed by atoms with van der Waals surface area (Å²) in [6, 6.07) is 0.446. The van der Waals surface area contributed by atoms with Crippen molar-refractivity contribution in [3.8, 4) is 0 Å². The molecule has 2 N–H and O–H groups in total. The van der Waals surface area contributed by atoms with E-state index in [1.54, 1.807) is 0 Å². The minimum absolute atomic E-state index is 0.0322. The van der Waals surface area contributed by atoms with Crippen LogP contribution in [0.2, 0.25) is 0 Å². The Balaban J connectivity index is 1.78. The van der Waals surface area contributed by atoms with Crippen molar-refractivity contribution in [3.05, 3.63) is 0 Å². The smallest absolute Gasteiger partial charge is 0.306 e. The summed E-state index contributed by atoms with van der Waals surface area (Å²) in [6.45, 7) is 0.313. The first-order chi connectivity index (χ1) is 9.34. The van der Waals surface area contributed by atoms with Gasteiger partial charge in [0.25, 0.3) is 0 Å². The first-order valence-electron chi connectivity index (χ1n) is 7.03. The lowest BCUT2D eigenvalue weighted by atomic mass is 10.1. The number of rotatable bonds is 9. The van der Waals surface area contributed by atoms with Crippen molar-refractivity contribution in [3.63, 3.8) is 0 Å². The molecule has 0 bridgehead atoms. The van der Waals surface area contributed by atoms with E-state index in [1.807, 2.05) is 0 Å². The fraction of sp³-hybridized carbons (Fsp3) is 0.923. The van der Waals surface area contributed by atoms with Crippen LogP contribution in [-0.2, 0) is 19.4 Å². The number of carbonyl (C=O) groups excluding carboxylic acids is 1. The van der Waals surface area contributed by atoms with Crippen molar-refractivity contribution in [1.82, 2.24) is 5.32 Å². The minimum atomic E-state index is -3.36. The lowest BCUT2D eigenvalue weighted by Crippen LogP contribution is -2.35. The fourth-order valence-corrected chi connectivity index (χ4v) is 4.54. The second-order valence-electron chi connectivity index (χ2n) is 6.14. The minimum Gasteiger partial charge on any atom is -0.469 e. The van der Waals surface area contributed by atoms with E-state index < -0.39 is 21.4 Å². The van der Waals surface area contributed by atoms with E-state index in [1.165, 1.54) is 7.11 Å². The molecule has 0 saturated heterocycles. The molecule has 2 rings (SSSR count). The van der Waals surface area contributed by atoms with Crippen LogP contribution >= 0.6 is 0 Å². The zero-order valence-corrected chi connectivity index (χ0v) is 12.6. The number of nitrogens with one attached hydrogen (secondary N) is 1. The monoisotopic (exact) mass is 305 g/mol. The maximum atomic E-state index is 12.1. The summed E-state index contributed by atoms with van der Waals surface area (Å²) in [7, 11) is -2.05. The van der Waals surface area contributed by atoms with Gasteiger partial charge in [0.2, 0.25) is 0 Å². The first-order valence-corrected chi connectivity index (χ1v) is 8.85. The van der Waals surface area contributed by atoms with E-state index in [9.17, 15) is 18.3 Å². The zero-order chi connectivity index (χ0) is 14.8. The number of methoxy groups -OCH3 is 1. The molecule has 6 nitrogen and oxygen atoms in total. The van der Waals surface area contributed by atoms with Crippen LogP contribution < -0.4 is 5.32 Å². The molecule has 20 heavy (non-hydrogen) atoms. The predicted molar refractivity (Wildman–Crippen MR) is 74.0 cm³/mol. The van der Waals surface area contributed by atoms with Gasteiger partial charge in [0.05, 0.1) is 31.1 Å². The molecule has 0 aromatic carbocycles. The third-order valence-electron chi connectivity index (χ3n) is 3.90. The Labute approximate surface area is 119 Å². The van der Waals surface area contributed by atoms with Gasteiger partial charge in [-0.1, -0.05) is 0 Å². The van der Waals surface area contributed by atoms with Crippen molar-refractivity contribution in [2.45, 2.75) is 44.2 Å². The second kappa shape index (κ2) is 5.99. The number of esters is 1. The van der Waals surface area contributed by atoms with Gasteiger partial charge in [0.1, 0.15) is 0 Å². The molecular formula is C13H23NO5S. The maximum absolute atomic E-state index is 12.1. The number of aliphatic hydroxyl groups excluding tert-OH is 1. The summed E-state index contributed by atoms with van der Waals surface area (Å²) in [6.07, 6.45) is 2.94. The SMILES string of the molecule is COC(=O)CC1(CS(=O)(=O)CC(O)CNC2CC2)CC1. The molecule has 0 spiro atoms. The van der Waals surface area contributed by atoms with Crippen molar-refractivity contribution in [1.29, 1.82) is 0 Å². The lowest BCUT2D eigenvalue weighted by molar-refractivity contribution is -0.141. The molecule has 0 aliphatic heterocycles. The van der Waals surface area contributed by atoms with Gasteiger partial charge in [0, 0.05) is 12.6 Å². The lowest BCUT2D eigenvalue weighted by Gasteiger charge is -2.16. The van der Waals surface area contributed by atoms with E-state index in [4.69, 9.17) is 0 Å². The van der Waals surface area contributed by atoms with Gasteiger partial charge in [-0.2, -0.15) is 0 Å². The van der Waals surface area contributed by atoms with Crippen molar-refractivity contribution >= 4 is 15.8 Å². The number of aliphatic hydroxyl groups is 1. The van der Waals surface area contributed by atoms with Gasteiger partial charge >= 0.3 is 5.97 Å². The topological polar surface area (TPSA) is 92.7 Å². The summed E-state index contributed by atoms with van der Waals surface area (Å²) in [5.41, 5.74) is -0.449. The molecule has 2 saturated carbocycles. The van der Waals surface area contributed by atoms with Gasteiger partial charge in [-0.25, -0.2) is 8.42 Å². The number of hydrogen-bond acceptors (Lipinski definition) is 6. The molecule has 2 aliphatic rings. The molecular weight excluding hydrogens is 282 g/mol. The van der Waals surface area contributed by atoms with E-state index in [0.717, 1.165) is 25.7 Å². The van der Waals surface area contributed by atoms with Crippen molar-refractivity contribution in [2.24, 2.45) is 5.41 Å².